The molecule has 1 aromatic heterocycles. The Bertz CT molecular complexity index is 798. The van der Waals surface area contributed by atoms with Crippen molar-refractivity contribution in [3.8, 4) is 17.2 Å². The zero-order valence-electron chi connectivity index (χ0n) is 15.2. The molecular formula is C18H22N2O5. The van der Waals surface area contributed by atoms with Crippen LogP contribution in [0.5, 0.6) is 17.2 Å². The maximum Gasteiger partial charge on any atom is 0.257 e. The summed E-state index contributed by atoms with van der Waals surface area (Å²) in [6, 6.07) is 3.28. The van der Waals surface area contributed by atoms with Crippen LogP contribution in [0.3, 0.4) is 0 Å². The lowest BCUT2D eigenvalue weighted by molar-refractivity contribution is 0.101. The maximum absolute atomic E-state index is 12.7. The van der Waals surface area contributed by atoms with Crippen LogP contribution in [0.15, 0.2) is 12.1 Å². The number of Topliss-reactive ketones (excluding diaryl/α,β-unsaturated/α-hetero) is 1. The number of benzene rings is 1. The van der Waals surface area contributed by atoms with Gasteiger partial charge in [-0.25, -0.2) is 0 Å². The fourth-order valence-corrected chi connectivity index (χ4v) is 2.79. The highest BCUT2D eigenvalue weighted by atomic mass is 16.5. The number of methoxy groups -OCH3 is 3. The number of aromatic nitrogens is 1. The Labute approximate surface area is 146 Å². The van der Waals surface area contributed by atoms with Gasteiger partial charge in [0.25, 0.3) is 5.91 Å². The molecule has 7 heteroatoms. The van der Waals surface area contributed by atoms with E-state index in [0.29, 0.717) is 45.5 Å². The predicted molar refractivity (Wildman–Crippen MR) is 94.3 cm³/mol. The number of ether oxygens (including phenoxy) is 3. The number of H-pyrrole nitrogens is 1. The Morgan fingerprint density at radius 2 is 1.56 bits per heavy atom. The molecule has 2 aromatic rings. The topological polar surface area (TPSA) is 89.7 Å². The Morgan fingerprint density at radius 1 is 1.00 bits per heavy atom. The van der Waals surface area contributed by atoms with Gasteiger partial charge >= 0.3 is 0 Å². The third-order valence-corrected chi connectivity index (χ3v) is 3.94. The van der Waals surface area contributed by atoms with Crippen LogP contribution in [-0.2, 0) is 0 Å². The fraction of sp³-hybridized carbons (Fsp3) is 0.333. The van der Waals surface area contributed by atoms with Crippen molar-refractivity contribution in [1.82, 2.24) is 4.98 Å². The molecule has 1 heterocycles. The van der Waals surface area contributed by atoms with Crippen LogP contribution in [0.1, 0.15) is 39.0 Å². The normalized spacial score (nSPS) is 10.3. The molecule has 7 nitrogen and oxygen atoms in total. The second-order valence-corrected chi connectivity index (χ2v) is 5.55. The van der Waals surface area contributed by atoms with Crippen molar-refractivity contribution in [1.29, 1.82) is 0 Å². The number of anilines is 1. The first-order chi connectivity index (χ1) is 11.8. The number of carbonyl (C=O) groups excluding carboxylic acids is 2. The summed E-state index contributed by atoms with van der Waals surface area (Å²) in [5, 5.41) is 2.81. The third-order valence-electron chi connectivity index (χ3n) is 3.94. The van der Waals surface area contributed by atoms with Crippen molar-refractivity contribution >= 4 is 17.4 Å². The van der Waals surface area contributed by atoms with Crippen LogP contribution in [-0.4, -0.2) is 38.0 Å². The first-order valence-corrected chi connectivity index (χ1v) is 7.65. The van der Waals surface area contributed by atoms with Gasteiger partial charge in [0, 0.05) is 30.4 Å². The Kier molecular flexibility index (Phi) is 5.36. The SMILES string of the molecule is COc1cc(NC(=O)c2c(C)[nH]c(C(C)=O)c2C)cc(OC)c1OC. The van der Waals surface area contributed by atoms with Crippen molar-refractivity contribution in [3.05, 3.63) is 34.6 Å². The van der Waals surface area contributed by atoms with E-state index in [2.05, 4.69) is 10.3 Å². The van der Waals surface area contributed by atoms with Gasteiger partial charge in [0.05, 0.1) is 32.6 Å². The van der Waals surface area contributed by atoms with E-state index in [0.717, 1.165) is 0 Å². The lowest BCUT2D eigenvalue weighted by Crippen LogP contribution is -2.14. The fourth-order valence-electron chi connectivity index (χ4n) is 2.79. The molecule has 1 amide bonds. The van der Waals surface area contributed by atoms with Crippen LogP contribution in [0.4, 0.5) is 5.69 Å². The Hall–Kier alpha value is -2.96. The number of carbonyl (C=O) groups is 2. The average Bonchev–Trinajstić information content (AvgIpc) is 2.88. The number of hydrogen-bond acceptors (Lipinski definition) is 5. The van der Waals surface area contributed by atoms with E-state index >= 15 is 0 Å². The summed E-state index contributed by atoms with van der Waals surface area (Å²) in [7, 11) is 4.51. The largest absolute Gasteiger partial charge is 0.493 e. The summed E-state index contributed by atoms with van der Waals surface area (Å²) in [5.74, 6) is 0.865. The molecule has 0 saturated heterocycles. The Balaban J connectivity index is 2.40. The van der Waals surface area contributed by atoms with Crippen molar-refractivity contribution in [3.63, 3.8) is 0 Å². The van der Waals surface area contributed by atoms with Crippen molar-refractivity contribution < 1.29 is 23.8 Å². The summed E-state index contributed by atoms with van der Waals surface area (Å²) in [4.78, 5) is 27.3. The van der Waals surface area contributed by atoms with Crippen LogP contribution in [0, 0.1) is 13.8 Å². The molecule has 0 aliphatic rings. The molecule has 0 spiro atoms. The van der Waals surface area contributed by atoms with E-state index in [4.69, 9.17) is 14.2 Å². The molecule has 0 aliphatic carbocycles. The number of ketones is 1. The zero-order chi connectivity index (χ0) is 18.7. The minimum absolute atomic E-state index is 0.118. The maximum atomic E-state index is 12.7. The van der Waals surface area contributed by atoms with Crippen LogP contribution in [0.2, 0.25) is 0 Å². The van der Waals surface area contributed by atoms with E-state index in [-0.39, 0.29) is 11.7 Å². The number of rotatable bonds is 6. The van der Waals surface area contributed by atoms with Gasteiger partial charge in [-0.3, -0.25) is 9.59 Å². The molecule has 2 N–H and O–H groups in total. The average molecular weight is 346 g/mol. The lowest BCUT2D eigenvalue weighted by atomic mass is 10.1. The number of nitrogens with one attached hydrogen (secondary N) is 2. The van der Waals surface area contributed by atoms with Gasteiger partial charge in [0.1, 0.15) is 0 Å². The van der Waals surface area contributed by atoms with Gasteiger partial charge in [-0.2, -0.15) is 0 Å². The van der Waals surface area contributed by atoms with E-state index in [1.165, 1.54) is 28.3 Å². The summed E-state index contributed by atoms with van der Waals surface area (Å²) >= 11 is 0. The minimum atomic E-state index is -0.326. The van der Waals surface area contributed by atoms with Crippen LogP contribution < -0.4 is 19.5 Å². The molecule has 0 radical (unpaired) electrons. The highest BCUT2D eigenvalue weighted by molar-refractivity contribution is 6.08. The second kappa shape index (κ2) is 7.29. The quantitative estimate of drug-likeness (QED) is 0.785. The van der Waals surface area contributed by atoms with Gasteiger partial charge in [0.2, 0.25) is 5.75 Å². The van der Waals surface area contributed by atoms with E-state index in [1.807, 2.05) is 0 Å². The molecule has 0 aliphatic heterocycles. The predicted octanol–water partition coefficient (Wildman–Crippen LogP) is 3.11. The number of aromatic amines is 1. The summed E-state index contributed by atoms with van der Waals surface area (Å²) in [6.07, 6.45) is 0. The van der Waals surface area contributed by atoms with Gasteiger partial charge in [-0.1, -0.05) is 0 Å². The highest BCUT2D eigenvalue weighted by Crippen LogP contribution is 2.40. The molecular weight excluding hydrogens is 324 g/mol. The van der Waals surface area contributed by atoms with Crippen molar-refractivity contribution in [2.75, 3.05) is 26.6 Å². The molecule has 2 rings (SSSR count). The second-order valence-electron chi connectivity index (χ2n) is 5.55. The number of aryl methyl sites for hydroxylation is 1. The molecule has 0 bridgehead atoms. The first kappa shape index (κ1) is 18.4. The first-order valence-electron chi connectivity index (χ1n) is 7.65. The number of amides is 1. The molecule has 25 heavy (non-hydrogen) atoms. The highest BCUT2D eigenvalue weighted by Gasteiger charge is 2.21. The standard InChI is InChI=1S/C18H22N2O5/c1-9-15(10(2)19-16(9)11(3)21)18(22)20-12-7-13(23-4)17(25-6)14(8-12)24-5/h7-8,19H,1-6H3,(H,20,22). The van der Waals surface area contributed by atoms with Gasteiger partial charge < -0.3 is 24.5 Å². The van der Waals surface area contributed by atoms with Crippen LogP contribution >= 0.6 is 0 Å². The zero-order valence-corrected chi connectivity index (χ0v) is 15.2. The van der Waals surface area contributed by atoms with Gasteiger partial charge in [0.15, 0.2) is 17.3 Å². The van der Waals surface area contributed by atoms with Crippen molar-refractivity contribution in [2.45, 2.75) is 20.8 Å². The summed E-state index contributed by atoms with van der Waals surface area (Å²) in [5.41, 5.74) is 2.62. The van der Waals surface area contributed by atoms with Gasteiger partial charge in [-0.05, 0) is 19.4 Å². The summed E-state index contributed by atoms with van der Waals surface area (Å²) < 4.78 is 15.8. The van der Waals surface area contributed by atoms with Crippen LogP contribution in [0.25, 0.3) is 0 Å². The third kappa shape index (κ3) is 3.45. The van der Waals surface area contributed by atoms with Crippen molar-refractivity contribution in [2.24, 2.45) is 0 Å². The lowest BCUT2D eigenvalue weighted by Gasteiger charge is -2.14. The van der Waals surface area contributed by atoms with Gasteiger partial charge in [-0.15, -0.1) is 0 Å². The molecule has 0 fully saturated rings. The summed E-state index contributed by atoms with van der Waals surface area (Å²) in [6.45, 7) is 4.95. The van der Waals surface area contributed by atoms with E-state index < -0.39 is 0 Å². The molecule has 0 atom stereocenters. The smallest absolute Gasteiger partial charge is 0.257 e. The molecule has 0 unspecified atom stereocenters. The molecule has 1 aromatic carbocycles. The molecule has 0 saturated carbocycles. The van der Waals surface area contributed by atoms with E-state index in [9.17, 15) is 9.59 Å². The number of hydrogen-bond donors (Lipinski definition) is 2. The van der Waals surface area contributed by atoms with E-state index in [1.54, 1.807) is 26.0 Å². The minimum Gasteiger partial charge on any atom is -0.493 e. The Morgan fingerprint density at radius 3 is 1.96 bits per heavy atom. The molecule has 134 valence electrons. The monoisotopic (exact) mass is 346 g/mol.